The van der Waals surface area contributed by atoms with Crippen LogP contribution in [0.15, 0.2) is 48.5 Å². The first-order chi connectivity index (χ1) is 19.6. The topological polar surface area (TPSA) is 116 Å². The molecule has 1 spiro atoms. The van der Waals surface area contributed by atoms with Gasteiger partial charge in [0.05, 0.1) is 12.1 Å². The summed E-state index contributed by atoms with van der Waals surface area (Å²) in [5.74, 6) is -2.00. The van der Waals surface area contributed by atoms with E-state index in [1.165, 1.54) is 17.0 Å². The highest BCUT2D eigenvalue weighted by atomic mass is 19.4. The summed E-state index contributed by atoms with van der Waals surface area (Å²) in [6.45, 7) is 6.50. The van der Waals surface area contributed by atoms with E-state index in [0.29, 0.717) is 29.9 Å². The fourth-order valence-corrected chi connectivity index (χ4v) is 5.73. The van der Waals surface area contributed by atoms with Crippen molar-refractivity contribution in [1.82, 2.24) is 10.2 Å². The molecule has 12 heteroatoms. The summed E-state index contributed by atoms with van der Waals surface area (Å²) in [6, 6.07) is 10.5. The SMILES string of the molecule is CC(C)(C)C1CCC2(CC1)C(=O)N(c1ccc(OC(F)(F)F)cc1)C(=O)N2Cc1ccc(C(=O)NCCC(=O)O)cc1. The van der Waals surface area contributed by atoms with E-state index in [0.717, 1.165) is 29.9 Å². The second-order valence-electron chi connectivity index (χ2n) is 11.8. The first-order valence-electron chi connectivity index (χ1n) is 13.7. The van der Waals surface area contributed by atoms with E-state index in [1.54, 1.807) is 24.3 Å². The Balaban J connectivity index is 1.59. The van der Waals surface area contributed by atoms with Crippen molar-refractivity contribution in [3.63, 3.8) is 0 Å². The molecule has 42 heavy (non-hydrogen) atoms. The summed E-state index contributed by atoms with van der Waals surface area (Å²) in [4.78, 5) is 53.5. The zero-order chi connectivity index (χ0) is 30.9. The molecule has 2 N–H and O–H groups in total. The van der Waals surface area contributed by atoms with Crippen LogP contribution in [0.1, 0.15) is 68.8 Å². The van der Waals surface area contributed by atoms with Gasteiger partial charge < -0.3 is 20.1 Å². The number of nitrogens with one attached hydrogen (secondary N) is 1. The van der Waals surface area contributed by atoms with E-state index in [1.807, 2.05) is 0 Å². The zero-order valence-corrected chi connectivity index (χ0v) is 23.7. The highest BCUT2D eigenvalue weighted by molar-refractivity contribution is 6.23. The van der Waals surface area contributed by atoms with Gasteiger partial charge in [0.1, 0.15) is 11.3 Å². The standard InChI is InChI=1S/C30H34F3N3O6/c1-28(2,3)21-12-15-29(16-13-21)26(40)36(22-8-10-23(11-9-22)42-30(31,32)33)27(41)35(29)18-19-4-6-20(7-5-19)25(39)34-17-14-24(37)38/h4-11,21H,12-18H2,1-3H3,(H,34,39)(H,37,38). The molecule has 0 radical (unpaired) electrons. The average molecular weight is 590 g/mol. The Hall–Kier alpha value is -4.09. The molecule has 0 bridgehead atoms. The van der Waals surface area contributed by atoms with Crippen LogP contribution in [0.5, 0.6) is 5.75 Å². The summed E-state index contributed by atoms with van der Waals surface area (Å²) >= 11 is 0. The number of hydrogen-bond donors (Lipinski definition) is 2. The molecule has 2 aromatic carbocycles. The lowest BCUT2D eigenvalue weighted by Gasteiger charge is -2.44. The highest BCUT2D eigenvalue weighted by Gasteiger charge is 2.59. The number of carbonyl (C=O) groups excluding carboxylic acids is 3. The average Bonchev–Trinajstić information content (AvgIpc) is 3.09. The van der Waals surface area contributed by atoms with Crippen LogP contribution >= 0.6 is 0 Å². The fourth-order valence-electron chi connectivity index (χ4n) is 5.73. The number of aliphatic carboxylic acids is 1. The number of carbonyl (C=O) groups is 4. The predicted octanol–water partition coefficient (Wildman–Crippen LogP) is 5.73. The van der Waals surface area contributed by atoms with Gasteiger partial charge in [0, 0.05) is 18.7 Å². The molecule has 1 saturated heterocycles. The van der Waals surface area contributed by atoms with Gasteiger partial charge in [0.2, 0.25) is 0 Å². The largest absolute Gasteiger partial charge is 0.573 e. The number of alkyl halides is 3. The number of carboxylic acids is 1. The lowest BCUT2D eigenvalue weighted by atomic mass is 9.67. The monoisotopic (exact) mass is 589 g/mol. The van der Waals surface area contributed by atoms with Gasteiger partial charge in [-0.05, 0) is 79.0 Å². The molecule has 1 heterocycles. The Morgan fingerprint density at radius 1 is 1.00 bits per heavy atom. The van der Waals surface area contributed by atoms with Gasteiger partial charge in [0.25, 0.3) is 11.8 Å². The van der Waals surface area contributed by atoms with Crippen LogP contribution < -0.4 is 15.0 Å². The molecule has 4 rings (SSSR count). The number of amides is 4. The van der Waals surface area contributed by atoms with Crippen molar-refractivity contribution in [2.75, 3.05) is 11.4 Å². The van der Waals surface area contributed by atoms with Crippen LogP contribution in [0.25, 0.3) is 0 Å². The normalized spacial score (nSPS) is 21.1. The summed E-state index contributed by atoms with van der Waals surface area (Å²) in [5, 5.41) is 11.3. The minimum atomic E-state index is -4.87. The predicted molar refractivity (Wildman–Crippen MR) is 147 cm³/mol. The van der Waals surface area contributed by atoms with Crippen molar-refractivity contribution in [1.29, 1.82) is 0 Å². The molecular formula is C30H34F3N3O6. The number of rotatable bonds is 8. The van der Waals surface area contributed by atoms with Crippen molar-refractivity contribution in [2.45, 2.75) is 71.3 Å². The van der Waals surface area contributed by atoms with Crippen LogP contribution in [0, 0.1) is 11.3 Å². The van der Waals surface area contributed by atoms with Crippen molar-refractivity contribution < 1.29 is 42.2 Å². The molecule has 2 fully saturated rings. The Bertz CT molecular complexity index is 1330. The van der Waals surface area contributed by atoms with E-state index in [-0.39, 0.29) is 30.6 Å². The van der Waals surface area contributed by atoms with Gasteiger partial charge >= 0.3 is 18.4 Å². The Morgan fingerprint density at radius 3 is 2.12 bits per heavy atom. The molecule has 226 valence electrons. The summed E-state index contributed by atoms with van der Waals surface area (Å²) in [6.07, 6.45) is -2.75. The third-order valence-electron chi connectivity index (χ3n) is 8.09. The number of imide groups is 1. The number of nitrogens with zero attached hydrogens (tertiary/aromatic N) is 2. The second-order valence-corrected chi connectivity index (χ2v) is 11.8. The molecule has 9 nitrogen and oxygen atoms in total. The fraction of sp³-hybridized carbons (Fsp3) is 0.467. The third kappa shape index (κ3) is 6.69. The summed E-state index contributed by atoms with van der Waals surface area (Å²) in [5.41, 5.74) is 0.0371. The number of carboxylic acid groups (broad SMARTS) is 1. The number of anilines is 1. The lowest BCUT2D eigenvalue weighted by molar-refractivity contribution is -0.274. The summed E-state index contributed by atoms with van der Waals surface area (Å²) in [7, 11) is 0. The van der Waals surface area contributed by atoms with Gasteiger partial charge in [-0.15, -0.1) is 13.2 Å². The molecule has 0 atom stereocenters. The Morgan fingerprint density at radius 2 is 1.60 bits per heavy atom. The molecular weight excluding hydrogens is 555 g/mol. The van der Waals surface area contributed by atoms with Crippen LogP contribution in [0.3, 0.4) is 0 Å². The Labute approximate surface area is 241 Å². The first kappa shape index (κ1) is 30.9. The zero-order valence-electron chi connectivity index (χ0n) is 23.7. The number of benzene rings is 2. The molecule has 2 aliphatic rings. The van der Waals surface area contributed by atoms with Crippen LogP contribution in [0.2, 0.25) is 0 Å². The minimum Gasteiger partial charge on any atom is -0.481 e. The molecule has 1 aliphatic heterocycles. The molecule has 4 amide bonds. The number of hydrogen-bond acceptors (Lipinski definition) is 5. The molecule has 0 unspecified atom stereocenters. The van der Waals surface area contributed by atoms with Gasteiger partial charge in [-0.2, -0.15) is 0 Å². The number of urea groups is 1. The maximum atomic E-state index is 14.0. The van der Waals surface area contributed by atoms with Gasteiger partial charge in [-0.1, -0.05) is 32.9 Å². The van der Waals surface area contributed by atoms with Crippen molar-refractivity contribution in [3.05, 3.63) is 59.7 Å². The molecule has 1 aliphatic carbocycles. The van der Waals surface area contributed by atoms with Crippen molar-refractivity contribution in [2.24, 2.45) is 11.3 Å². The number of halogens is 3. The summed E-state index contributed by atoms with van der Waals surface area (Å²) < 4.78 is 41.9. The minimum absolute atomic E-state index is 0.0163. The maximum absolute atomic E-state index is 14.0. The number of ether oxygens (including phenoxy) is 1. The van der Waals surface area contributed by atoms with E-state index in [2.05, 4.69) is 30.8 Å². The van der Waals surface area contributed by atoms with Crippen LogP contribution in [0.4, 0.5) is 23.7 Å². The van der Waals surface area contributed by atoms with E-state index >= 15 is 0 Å². The van der Waals surface area contributed by atoms with E-state index in [4.69, 9.17) is 5.11 Å². The lowest BCUT2D eigenvalue weighted by Crippen LogP contribution is -2.52. The highest BCUT2D eigenvalue weighted by Crippen LogP contribution is 2.48. The molecule has 1 saturated carbocycles. The van der Waals surface area contributed by atoms with Crippen LogP contribution in [-0.2, 0) is 16.1 Å². The van der Waals surface area contributed by atoms with Gasteiger partial charge in [-0.3, -0.25) is 14.4 Å². The van der Waals surface area contributed by atoms with Crippen molar-refractivity contribution in [3.8, 4) is 5.75 Å². The quantitative estimate of drug-likeness (QED) is 0.380. The van der Waals surface area contributed by atoms with Crippen molar-refractivity contribution >= 4 is 29.5 Å². The van der Waals surface area contributed by atoms with E-state index < -0.39 is 41.5 Å². The van der Waals surface area contributed by atoms with Crippen LogP contribution in [-0.4, -0.2) is 52.3 Å². The smallest absolute Gasteiger partial charge is 0.481 e. The molecule has 0 aromatic heterocycles. The van der Waals surface area contributed by atoms with Gasteiger partial charge in [-0.25, -0.2) is 9.69 Å². The molecule has 2 aromatic rings. The maximum Gasteiger partial charge on any atom is 0.573 e. The van der Waals surface area contributed by atoms with E-state index in [9.17, 15) is 32.3 Å². The van der Waals surface area contributed by atoms with Gasteiger partial charge in [0.15, 0.2) is 0 Å². The first-order valence-corrected chi connectivity index (χ1v) is 13.7. The second kappa shape index (κ2) is 11.7. The third-order valence-corrected chi connectivity index (χ3v) is 8.09. The Kier molecular flexibility index (Phi) is 8.56.